The van der Waals surface area contributed by atoms with E-state index >= 15 is 0 Å². The van der Waals surface area contributed by atoms with Crippen molar-refractivity contribution >= 4 is 15.5 Å². The summed E-state index contributed by atoms with van der Waals surface area (Å²) in [6.07, 6.45) is 3.76. The lowest BCUT2D eigenvalue weighted by atomic mass is 9.94. The van der Waals surface area contributed by atoms with E-state index in [0.717, 1.165) is 18.5 Å². The van der Waals surface area contributed by atoms with E-state index in [2.05, 4.69) is 4.90 Å². The molecule has 5 heteroatoms. The maximum absolute atomic E-state index is 12.1. The smallest absolute Gasteiger partial charge is 0.152 e. The molecule has 0 aliphatic heterocycles. The summed E-state index contributed by atoms with van der Waals surface area (Å²) in [6.45, 7) is 2.40. The summed E-state index contributed by atoms with van der Waals surface area (Å²) in [4.78, 5) is 2.07. The highest BCUT2D eigenvalue weighted by Gasteiger charge is 2.50. The molecule has 2 rings (SSSR count). The predicted molar refractivity (Wildman–Crippen MR) is 83.9 cm³/mol. The number of rotatable bonds is 4. The van der Waals surface area contributed by atoms with E-state index in [1.165, 1.54) is 11.8 Å². The van der Waals surface area contributed by atoms with Crippen LogP contribution in [0.15, 0.2) is 24.3 Å². The fourth-order valence-corrected chi connectivity index (χ4v) is 5.18. The first-order valence-corrected chi connectivity index (χ1v) is 8.96. The van der Waals surface area contributed by atoms with Gasteiger partial charge in [-0.3, -0.25) is 0 Å². The summed E-state index contributed by atoms with van der Waals surface area (Å²) in [5.41, 5.74) is 7.75. The van der Waals surface area contributed by atoms with Crippen LogP contribution in [-0.4, -0.2) is 39.1 Å². The molecule has 1 fully saturated rings. The summed E-state index contributed by atoms with van der Waals surface area (Å²) >= 11 is 0. The lowest BCUT2D eigenvalue weighted by Crippen LogP contribution is -2.59. The van der Waals surface area contributed by atoms with Crippen molar-refractivity contribution in [1.29, 1.82) is 0 Å². The van der Waals surface area contributed by atoms with Crippen LogP contribution in [0, 0.1) is 6.92 Å². The van der Waals surface area contributed by atoms with E-state index in [4.69, 9.17) is 5.73 Å². The Morgan fingerprint density at radius 1 is 1.35 bits per heavy atom. The molecule has 0 saturated heterocycles. The highest BCUT2D eigenvalue weighted by Crippen LogP contribution is 2.40. The standard InChI is InChI=1S/C15H24N2O2S/c1-12-6-8-13(9-7-12)17(2)15(11-16)10-4-5-14(15)20(3,18)19/h6-9,14H,4-5,10-11,16H2,1-3H3. The molecule has 4 nitrogen and oxygen atoms in total. The van der Waals surface area contributed by atoms with Gasteiger partial charge in [-0.1, -0.05) is 17.7 Å². The third-order valence-electron chi connectivity index (χ3n) is 4.63. The molecule has 2 N–H and O–H groups in total. The third kappa shape index (κ3) is 2.56. The topological polar surface area (TPSA) is 63.4 Å². The van der Waals surface area contributed by atoms with Gasteiger partial charge in [-0.05, 0) is 38.3 Å². The fraction of sp³-hybridized carbons (Fsp3) is 0.600. The van der Waals surface area contributed by atoms with Crippen LogP contribution in [-0.2, 0) is 9.84 Å². The van der Waals surface area contributed by atoms with E-state index in [9.17, 15) is 8.42 Å². The number of hydrogen-bond acceptors (Lipinski definition) is 4. The first-order valence-electron chi connectivity index (χ1n) is 7.01. The van der Waals surface area contributed by atoms with Crippen molar-refractivity contribution in [2.24, 2.45) is 5.73 Å². The van der Waals surface area contributed by atoms with Gasteiger partial charge in [-0.15, -0.1) is 0 Å². The Morgan fingerprint density at radius 3 is 2.45 bits per heavy atom. The zero-order valence-corrected chi connectivity index (χ0v) is 13.3. The fourth-order valence-electron chi connectivity index (χ4n) is 3.42. The summed E-state index contributed by atoms with van der Waals surface area (Å²) in [5.74, 6) is 0. The van der Waals surface area contributed by atoms with Crippen LogP contribution in [0.1, 0.15) is 24.8 Å². The van der Waals surface area contributed by atoms with Crippen molar-refractivity contribution < 1.29 is 8.42 Å². The molecule has 0 bridgehead atoms. The van der Waals surface area contributed by atoms with Gasteiger partial charge < -0.3 is 10.6 Å². The minimum atomic E-state index is -3.11. The minimum absolute atomic E-state index is 0.356. The second kappa shape index (κ2) is 5.37. The maximum atomic E-state index is 12.1. The van der Waals surface area contributed by atoms with Crippen molar-refractivity contribution in [3.05, 3.63) is 29.8 Å². The molecule has 2 unspecified atom stereocenters. The maximum Gasteiger partial charge on any atom is 0.152 e. The summed E-state index contributed by atoms with van der Waals surface area (Å²) in [5, 5.41) is -0.383. The Labute approximate surface area is 121 Å². The summed E-state index contributed by atoms with van der Waals surface area (Å²) in [6, 6.07) is 8.15. The lowest BCUT2D eigenvalue weighted by molar-refractivity contribution is 0.420. The van der Waals surface area contributed by atoms with Gasteiger partial charge >= 0.3 is 0 Å². The van der Waals surface area contributed by atoms with Crippen LogP contribution in [0.5, 0.6) is 0 Å². The predicted octanol–water partition coefficient (Wildman–Crippen LogP) is 1.73. The normalized spacial score (nSPS) is 26.7. The molecule has 1 saturated carbocycles. The monoisotopic (exact) mass is 296 g/mol. The molecule has 1 aliphatic carbocycles. The highest BCUT2D eigenvalue weighted by molar-refractivity contribution is 7.91. The van der Waals surface area contributed by atoms with Crippen LogP contribution in [0.3, 0.4) is 0 Å². The van der Waals surface area contributed by atoms with Gasteiger partial charge in [0.2, 0.25) is 0 Å². The third-order valence-corrected chi connectivity index (χ3v) is 6.34. The average Bonchev–Trinajstić information content (AvgIpc) is 2.84. The average molecular weight is 296 g/mol. The second-order valence-corrected chi connectivity index (χ2v) is 8.14. The number of likely N-dealkylation sites (N-methyl/N-ethyl adjacent to an activating group) is 1. The molecular formula is C15H24N2O2S. The molecule has 1 aliphatic rings. The van der Waals surface area contributed by atoms with Crippen molar-refractivity contribution in [3.8, 4) is 0 Å². The van der Waals surface area contributed by atoms with E-state index in [-0.39, 0.29) is 5.25 Å². The molecule has 0 spiro atoms. The molecule has 1 aromatic rings. The number of benzene rings is 1. The van der Waals surface area contributed by atoms with E-state index in [0.29, 0.717) is 13.0 Å². The summed E-state index contributed by atoms with van der Waals surface area (Å²) < 4.78 is 24.2. The quantitative estimate of drug-likeness (QED) is 0.919. The molecule has 0 aromatic heterocycles. The van der Waals surface area contributed by atoms with Gasteiger partial charge in [-0.25, -0.2) is 8.42 Å². The van der Waals surface area contributed by atoms with E-state index < -0.39 is 15.4 Å². The van der Waals surface area contributed by atoms with Crippen molar-refractivity contribution in [2.75, 3.05) is 24.7 Å². The number of hydrogen-bond donors (Lipinski definition) is 1. The van der Waals surface area contributed by atoms with Crippen molar-refractivity contribution in [1.82, 2.24) is 0 Å². The Hall–Kier alpha value is -1.07. The molecule has 1 aromatic carbocycles. The Balaban J connectivity index is 2.42. The summed E-state index contributed by atoms with van der Waals surface area (Å²) in [7, 11) is -1.15. The number of anilines is 1. The first-order chi connectivity index (χ1) is 9.31. The van der Waals surface area contributed by atoms with E-state index in [1.54, 1.807) is 0 Å². The minimum Gasteiger partial charge on any atom is -0.366 e. The molecule has 20 heavy (non-hydrogen) atoms. The van der Waals surface area contributed by atoms with Crippen molar-refractivity contribution in [2.45, 2.75) is 37.0 Å². The Morgan fingerprint density at radius 2 is 1.95 bits per heavy atom. The highest BCUT2D eigenvalue weighted by atomic mass is 32.2. The number of aryl methyl sites for hydroxylation is 1. The van der Waals surface area contributed by atoms with Crippen LogP contribution < -0.4 is 10.6 Å². The Kier molecular flexibility index (Phi) is 4.12. The molecule has 2 atom stereocenters. The van der Waals surface area contributed by atoms with Gasteiger partial charge in [0, 0.05) is 25.5 Å². The molecule has 0 amide bonds. The largest absolute Gasteiger partial charge is 0.366 e. The second-order valence-electron chi connectivity index (χ2n) is 5.91. The number of nitrogens with two attached hydrogens (primary N) is 1. The van der Waals surface area contributed by atoms with Crippen LogP contribution >= 0.6 is 0 Å². The lowest BCUT2D eigenvalue weighted by Gasteiger charge is -2.43. The first kappa shape index (κ1) is 15.3. The molecule has 112 valence electrons. The molecule has 0 heterocycles. The van der Waals surface area contributed by atoms with Gasteiger partial charge in [0.05, 0.1) is 10.8 Å². The van der Waals surface area contributed by atoms with Gasteiger partial charge in [0.25, 0.3) is 0 Å². The zero-order chi connectivity index (χ0) is 15.0. The van der Waals surface area contributed by atoms with E-state index in [1.807, 2.05) is 38.2 Å². The van der Waals surface area contributed by atoms with Gasteiger partial charge in [0.15, 0.2) is 9.84 Å². The van der Waals surface area contributed by atoms with Gasteiger partial charge in [0.1, 0.15) is 0 Å². The molecule has 0 radical (unpaired) electrons. The van der Waals surface area contributed by atoms with Crippen LogP contribution in [0.4, 0.5) is 5.69 Å². The van der Waals surface area contributed by atoms with Crippen LogP contribution in [0.2, 0.25) is 0 Å². The van der Waals surface area contributed by atoms with Crippen molar-refractivity contribution in [3.63, 3.8) is 0 Å². The van der Waals surface area contributed by atoms with Gasteiger partial charge in [-0.2, -0.15) is 0 Å². The zero-order valence-electron chi connectivity index (χ0n) is 12.5. The number of nitrogens with zero attached hydrogens (tertiary/aromatic N) is 1. The van der Waals surface area contributed by atoms with Crippen LogP contribution in [0.25, 0.3) is 0 Å². The molecular weight excluding hydrogens is 272 g/mol. The SMILES string of the molecule is Cc1ccc(N(C)C2(CN)CCCC2S(C)(=O)=O)cc1. The Bertz CT molecular complexity index is 568. The number of sulfone groups is 1.